The molecule has 0 bridgehead atoms. The number of benzene rings is 1. The summed E-state index contributed by atoms with van der Waals surface area (Å²) < 4.78 is 6.01. The van der Waals surface area contributed by atoms with Gasteiger partial charge in [-0.1, -0.05) is 51.1 Å². The number of hydrogen-bond acceptors (Lipinski definition) is 4. The Morgan fingerprint density at radius 2 is 1.86 bits per heavy atom. The minimum atomic E-state index is -0.963. The van der Waals surface area contributed by atoms with Crippen molar-refractivity contribution in [2.75, 3.05) is 0 Å². The highest BCUT2D eigenvalue weighted by atomic mass is 16.5. The fraction of sp³-hybridized carbons (Fsp3) is 0.625. The second-order valence-electron chi connectivity index (χ2n) is 9.49. The Morgan fingerprint density at radius 1 is 1.18 bits per heavy atom. The average molecular weight is 387 g/mol. The van der Waals surface area contributed by atoms with Crippen LogP contribution in [0.1, 0.15) is 58.9 Å². The van der Waals surface area contributed by atoms with Gasteiger partial charge in [0.05, 0.1) is 11.7 Å². The Hall–Kier alpha value is -1.65. The van der Waals surface area contributed by atoms with Gasteiger partial charge in [-0.25, -0.2) is 4.79 Å². The first kappa shape index (κ1) is 21.1. The highest BCUT2D eigenvalue weighted by molar-refractivity contribution is 5.87. The maximum absolute atomic E-state index is 12.7. The number of fused-ring (bicyclic) bond motifs is 1. The molecule has 1 aromatic rings. The van der Waals surface area contributed by atoms with Crippen molar-refractivity contribution < 1.29 is 19.7 Å². The summed E-state index contributed by atoms with van der Waals surface area (Å²) in [5.74, 6) is -0.169. The van der Waals surface area contributed by atoms with Crippen molar-refractivity contribution in [3.05, 3.63) is 42.0 Å². The van der Waals surface area contributed by atoms with Gasteiger partial charge in [-0.15, -0.1) is 0 Å². The maximum atomic E-state index is 12.7. The van der Waals surface area contributed by atoms with Gasteiger partial charge in [0.25, 0.3) is 0 Å². The van der Waals surface area contributed by atoms with Crippen LogP contribution in [0.2, 0.25) is 0 Å². The number of rotatable bonds is 4. The van der Waals surface area contributed by atoms with Crippen LogP contribution in [0.15, 0.2) is 36.4 Å². The third kappa shape index (κ3) is 4.04. The van der Waals surface area contributed by atoms with E-state index < -0.39 is 23.2 Å². The van der Waals surface area contributed by atoms with E-state index in [1.165, 1.54) is 6.08 Å². The van der Waals surface area contributed by atoms with Crippen molar-refractivity contribution in [1.82, 2.24) is 0 Å². The molecule has 0 radical (unpaired) electrons. The highest BCUT2D eigenvalue weighted by Crippen LogP contribution is 2.57. The molecule has 2 saturated carbocycles. The lowest BCUT2D eigenvalue weighted by molar-refractivity contribution is -0.228. The summed E-state index contributed by atoms with van der Waals surface area (Å²) in [6.07, 6.45) is 5.16. The molecule has 1 aromatic carbocycles. The first-order chi connectivity index (χ1) is 13.1. The van der Waals surface area contributed by atoms with Gasteiger partial charge in [-0.2, -0.15) is 0 Å². The van der Waals surface area contributed by atoms with Gasteiger partial charge >= 0.3 is 5.97 Å². The van der Waals surface area contributed by atoms with Crippen molar-refractivity contribution in [3.63, 3.8) is 0 Å². The van der Waals surface area contributed by atoms with Crippen LogP contribution in [0.25, 0.3) is 6.08 Å². The molecule has 0 aromatic heterocycles. The van der Waals surface area contributed by atoms with Gasteiger partial charge in [0, 0.05) is 17.4 Å². The number of carbonyl (C=O) groups is 1. The molecule has 2 aliphatic rings. The zero-order chi connectivity index (χ0) is 20.5. The molecule has 0 unspecified atom stereocenters. The molecule has 0 heterocycles. The number of aliphatic hydroxyl groups is 2. The van der Waals surface area contributed by atoms with Crippen LogP contribution >= 0.6 is 0 Å². The lowest BCUT2D eigenvalue weighted by Gasteiger charge is -2.59. The minimum Gasteiger partial charge on any atom is -0.458 e. The Morgan fingerprint density at radius 3 is 2.50 bits per heavy atom. The molecule has 0 aliphatic heterocycles. The number of aliphatic hydroxyl groups excluding tert-OH is 1. The highest BCUT2D eigenvalue weighted by Gasteiger charge is 2.60. The van der Waals surface area contributed by atoms with Crippen molar-refractivity contribution in [1.29, 1.82) is 0 Å². The molecule has 28 heavy (non-hydrogen) atoms. The quantitative estimate of drug-likeness (QED) is 0.601. The fourth-order valence-corrected chi connectivity index (χ4v) is 5.54. The fourth-order valence-electron chi connectivity index (χ4n) is 5.54. The minimum absolute atomic E-state index is 0.170. The molecule has 154 valence electrons. The molecule has 0 saturated heterocycles. The lowest BCUT2D eigenvalue weighted by Crippen LogP contribution is -2.64. The van der Waals surface area contributed by atoms with Crippen molar-refractivity contribution >= 4 is 12.0 Å². The van der Waals surface area contributed by atoms with Crippen molar-refractivity contribution in [3.8, 4) is 0 Å². The molecule has 6 atom stereocenters. The van der Waals surface area contributed by atoms with Crippen LogP contribution in [-0.4, -0.2) is 34.0 Å². The van der Waals surface area contributed by atoms with E-state index in [1.54, 1.807) is 6.08 Å². The zero-order valence-electron chi connectivity index (χ0n) is 17.5. The van der Waals surface area contributed by atoms with Gasteiger partial charge < -0.3 is 14.9 Å². The number of carbonyl (C=O) groups excluding carboxylic acids is 1. The predicted octanol–water partition coefficient (Wildman–Crippen LogP) is 4.21. The molecule has 2 N–H and O–H groups in total. The van der Waals surface area contributed by atoms with Crippen LogP contribution in [-0.2, 0) is 9.53 Å². The van der Waals surface area contributed by atoms with Crippen LogP contribution in [0.4, 0.5) is 0 Å². The lowest BCUT2D eigenvalue weighted by atomic mass is 9.50. The Bertz CT molecular complexity index is 709. The van der Waals surface area contributed by atoms with Gasteiger partial charge in [0.2, 0.25) is 0 Å². The Balaban J connectivity index is 1.87. The van der Waals surface area contributed by atoms with E-state index in [0.29, 0.717) is 18.8 Å². The topological polar surface area (TPSA) is 66.8 Å². The van der Waals surface area contributed by atoms with E-state index in [4.69, 9.17) is 4.74 Å². The Kier molecular flexibility index (Phi) is 6.02. The molecular weight excluding hydrogens is 352 g/mol. The SMILES string of the molecule is CC(C)[C@@H]1CC[C@@]2(C)[C@H](O)CC[C@](C)(O)[C@@H]2[C@@H]1OC(=O)C=Cc1ccccc1. The van der Waals surface area contributed by atoms with E-state index in [0.717, 1.165) is 18.4 Å². The first-order valence-corrected chi connectivity index (χ1v) is 10.5. The summed E-state index contributed by atoms with van der Waals surface area (Å²) >= 11 is 0. The third-order valence-electron chi connectivity index (χ3n) is 7.15. The monoisotopic (exact) mass is 386 g/mol. The van der Waals surface area contributed by atoms with Crippen LogP contribution in [0.5, 0.6) is 0 Å². The molecular formula is C24H34O4. The molecule has 2 aliphatic carbocycles. The molecule has 4 heteroatoms. The largest absolute Gasteiger partial charge is 0.458 e. The normalized spacial score (nSPS) is 38.4. The predicted molar refractivity (Wildman–Crippen MR) is 110 cm³/mol. The van der Waals surface area contributed by atoms with Crippen molar-refractivity contribution in [2.24, 2.45) is 23.2 Å². The van der Waals surface area contributed by atoms with E-state index >= 15 is 0 Å². The molecule has 2 fully saturated rings. The van der Waals surface area contributed by atoms with Crippen molar-refractivity contribution in [2.45, 2.75) is 71.2 Å². The number of esters is 1. The summed E-state index contributed by atoms with van der Waals surface area (Å²) in [5.41, 5.74) is -0.468. The smallest absolute Gasteiger partial charge is 0.331 e. The standard InChI is InChI=1S/C24H34O4/c1-16(2)18-12-14-23(3)19(25)13-15-24(4,27)22(23)21(18)28-20(26)11-10-17-8-6-5-7-9-17/h5-11,16,18-19,21-22,25,27H,12-15H2,1-4H3/t18-,19+,21+,22+,23-,24-/m0/s1. The van der Waals surface area contributed by atoms with E-state index in [9.17, 15) is 15.0 Å². The maximum Gasteiger partial charge on any atom is 0.331 e. The summed E-state index contributed by atoms with van der Waals surface area (Å²) in [6, 6.07) is 9.64. The van der Waals surface area contributed by atoms with E-state index in [-0.39, 0.29) is 17.8 Å². The Labute approximate surface area is 168 Å². The average Bonchev–Trinajstić information content (AvgIpc) is 2.64. The summed E-state index contributed by atoms with van der Waals surface area (Å²) in [7, 11) is 0. The molecule has 4 nitrogen and oxygen atoms in total. The second-order valence-corrected chi connectivity index (χ2v) is 9.49. The zero-order valence-corrected chi connectivity index (χ0v) is 17.5. The van der Waals surface area contributed by atoms with Gasteiger partial charge in [0.1, 0.15) is 6.10 Å². The van der Waals surface area contributed by atoms with Gasteiger partial charge in [0.15, 0.2) is 0 Å². The number of hydrogen-bond donors (Lipinski definition) is 2. The van der Waals surface area contributed by atoms with Gasteiger partial charge in [-0.05, 0) is 56.1 Å². The first-order valence-electron chi connectivity index (χ1n) is 10.5. The number of ether oxygens (including phenoxy) is 1. The van der Waals surface area contributed by atoms with E-state index in [2.05, 4.69) is 13.8 Å². The van der Waals surface area contributed by atoms with E-state index in [1.807, 2.05) is 44.2 Å². The van der Waals surface area contributed by atoms with Crippen LogP contribution in [0.3, 0.4) is 0 Å². The second kappa shape index (κ2) is 8.00. The third-order valence-corrected chi connectivity index (χ3v) is 7.15. The molecule has 3 rings (SSSR count). The van der Waals surface area contributed by atoms with Gasteiger partial charge in [-0.3, -0.25) is 0 Å². The molecule has 0 amide bonds. The van der Waals surface area contributed by atoms with Crippen LogP contribution < -0.4 is 0 Å². The summed E-state index contributed by atoms with van der Waals surface area (Å²) in [4.78, 5) is 12.7. The molecule has 0 spiro atoms. The van der Waals surface area contributed by atoms with Crippen LogP contribution in [0, 0.1) is 23.2 Å². The summed E-state index contributed by atoms with van der Waals surface area (Å²) in [5, 5.41) is 22.0. The summed E-state index contributed by atoms with van der Waals surface area (Å²) in [6.45, 7) is 8.17.